The summed E-state index contributed by atoms with van der Waals surface area (Å²) >= 11 is 0. The van der Waals surface area contributed by atoms with E-state index in [4.69, 9.17) is 9.47 Å². The minimum absolute atomic E-state index is 0. The first-order chi connectivity index (χ1) is 28.3. The molecule has 0 N–H and O–H groups in total. The van der Waals surface area contributed by atoms with E-state index < -0.39 is 27.0 Å². The molecule has 0 aliphatic carbocycles. The number of allylic oxidation sites excluding steroid dienone is 4. The SMILES string of the molecule is CCCCCCCCCCCCCC/C=C/CCCCCOC(=O)c1ccc(S(=O)(=O)[O-])cc1C(=O)OCCCCC/C=C/CCCCCCCCCCCCCC.[Na+]. The normalized spacial score (nSPS) is 11.7. The monoisotopic (exact) mass is 853 g/mol. The van der Waals surface area contributed by atoms with Crippen molar-refractivity contribution in [3.05, 3.63) is 53.6 Å². The molecule has 59 heavy (non-hydrogen) atoms. The minimum atomic E-state index is -4.83. The maximum absolute atomic E-state index is 13.0. The van der Waals surface area contributed by atoms with Crippen molar-refractivity contribution in [1.82, 2.24) is 0 Å². The molecule has 0 unspecified atom stereocenters. The number of carbonyl (C=O) groups is 2. The van der Waals surface area contributed by atoms with Crippen LogP contribution in [0.3, 0.4) is 0 Å². The van der Waals surface area contributed by atoms with E-state index in [-0.39, 0.29) is 53.9 Å². The van der Waals surface area contributed by atoms with E-state index >= 15 is 0 Å². The second-order valence-corrected chi connectivity index (χ2v) is 17.8. The first kappa shape index (κ1) is 57.5. The Morgan fingerprint density at radius 2 is 0.746 bits per heavy atom. The first-order valence-corrected chi connectivity index (χ1v) is 25.5. The number of benzene rings is 1. The molecular formula is C50H85NaO7S. The summed E-state index contributed by atoms with van der Waals surface area (Å²) in [7, 11) is -4.83. The van der Waals surface area contributed by atoms with Crippen LogP contribution in [0.4, 0.5) is 0 Å². The van der Waals surface area contributed by atoms with Crippen molar-refractivity contribution in [3.63, 3.8) is 0 Å². The summed E-state index contributed by atoms with van der Waals surface area (Å²) in [6, 6.07) is 3.12. The third kappa shape index (κ3) is 34.8. The van der Waals surface area contributed by atoms with E-state index in [0.717, 1.165) is 69.6 Å². The quantitative estimate of drug-likeness (QED) is 0.0212. The number of carbonyl (C=O) groups excluding carboxylic acids is 2. The average molecular weight is 853 g/mol. The summed E-state index contributed by atoms with van der Waals surface area (Å²) in [5.41, 5.74) is -0.364. The van der Waals surface area contributed by atoms with E-state index in [1.807, 2.05) is 0 Å². The number of hydrogen-bond donors (Lipinski definition) is 0. The van der Waals surface area contributed by atoms with E-state index in [0.29, 0.717) is 12.8 Å². The number of unbranched alkanes of at least 4 members (excludes halogenated alkanes) is 30. The summed E-state index contributed by atoms with van der Waals surface area (Å²) in [6.07, 6.45) is 50.9. The third-order valence-electron chi connectivity index (χ3n) is 11.0. The summed E-state index contributed by atoms with van der Waals surface area (Å²) < 4.78 is 45.8. The van der Waals surface area contributed by atoms with Gasteiger partial charge in [0.05, 0.1) is 29.2 Å². The molecule has 1 aromatic carbocycles. The molecule has 0 fully saturated rings. The van der Waals surface area contributed by atoms with Gasteiger partial charge < -0.3 is 14.0 Å². The Bertz CT molecular complexity index is 1310. The molecule has 0 amide bonds. The predicted octanol–water partition coefficient (Wildman–Crippen LogP) is 12.3. The van der Waals surface area contributed by atoms with E-state index in [1.54, 1.807) is 0 Å². The van der Waals surface area contributed by atoms with Crippen molar-refractivity contribution in [3.8, 4) is 0 Å². The zero-order valence-corrected chi connectivity index (χ0v) is 41.1. The van der Waals surface area contributed by atoms with Crippen LogP contribution in [0.15, 0.2) is 47.4 Å². The molecule has 9 heteroatoms. The van der Waals surface area contributed by atoms with Gasteiger partial charge in [-0.25, -0.2) is 18.0 Å². The number of rotatable bonds is 41. The molecule has 1 rings (SSSR count). The molecule has 0 atom stereocenters. The molecular weight excluding hydrogens is 768 g/mol. The molecule has 0 aliphatic heterocycles. The average Bonchev–Trinajstić information content (AvgIpc) is 3.21. The van der Waals surface area contributed by atoms with Gasteiger partial charge in [0.25, 0.3) is 0 Å². The zero-order valence-electron chi connectivity index (χ0n) is 38.3. The summed E-state index contributed by atoms with van der Waals surface area (Å²) in [5, 5.41) is 0. The van der Waals surface area contributed by atoms with Crippen LogP contribution in [-0.4, -0.2) is 38.1 Å². The van der Waals surface area contributed by atoms with Gasteiger partial charge in [-0.2, -0.15) is 0 Å². The molecule has 0 bridgehead atoms. The predicted molar refractivity (Wildman–Crippen MR) is 242 cm³/mol. The van der Waals surface area contributed by atoms with Crippen molar-refractivity contribution in [1.29, 1.82) is 0 Å². The van der Waals surface area contributed by atoms with Gasteiger partial charge in [0, 0.05) is 0 Å². The van der Waals surface area contributed by atoms with Crippen LogP contribution in [0.1, 0.15) is 253 Å². The molecule has 0 heterocycles. The smallest absolute Gasteiger partial charge is 0.744 e. The molecule has 0 radical (unpaired) electrons. The Hall–Kier alpha value is -1.45. The van der Waals surface area contributed by atoms with Crippen LogP contribution in [0.25, 0.3) is 0 Å². The van der Waals surface area contributed by atoms with Crippen LogP contribution < -0.4 is 29.6 Å². The van der Waals surface area contributed by atoms with Crippen molar-refractivity contribution in [2.75, 3.05) is 13.2 Å². The molecule has 7 nitrogen and oxygen atoms in total. The fourth-order valence-corrected chi connectivity index (χ4v) is 7.77. The van der Waals surface area contributed by atoms with Crippen molar-refractivity contribution >= 4 is 22.1 Å². The fraction of sp³-hybridized carbons (Fsp3) is 0.760. The Kier molecular flexibility index (Phi) is 40.9. The Labute approximate surface area is 385 Å². The molecule has 334 valence electrons. The number of ether oxygens (including phenoxy) is 2. The maximum Gasteiger partial charge on any atom is 1.00 e. The van der Waals surface area contributed by atoms with Gasteiger partial charge in [-0.05, 0) is 95.2 Å². The maximum atomic E-state index is 13.0. The first-order valence-electron chi connectivity index (χ1n) is 24.0. The Morgan fingerprint density at radius 3 is 1.07 bits per heavy atom. The van der Waals surface area contributed by atoms with Crippen LogP contribution in [0.2, 0.25) is 0 Å². The zero-order chi connectivity index (χ0) is 42.2. The molecule has 0 aliphatic rings. The second-order valence-electron chi connectivity index (χ2n) is 16.4. The van der Waals surface area contributed by atoms with Crippen LogP contribution in [0, 0.1) is 0 Å². The number of hydrogen-bond acceptors (Lipinski definition) is 7. The van der Waals surface area contributed by atoms with Gasteiger partial charge in [0.1, 0.15) is 10.1 Å². The van der Waals surface area contributed by atoms with Gasteiger partial charge >= 0.3 is 41.5 Å². The summed E-state index contributed by atoms with van der Waals surface area (Å²) in [4.78, 5) is 25.3. The summed E-state index contributed by atoms with van der Waals surface area (Å²) in [6.45, 7) is 4.86. The minimum Gasteiger partial charge on any atom is -0.744 e. The van der Waals surface area contributed by atoms with Gasteiger partial charge in [-0.15, -0.1) is 0 Å². The van der Waals surface area contributed by atoms with Crippen molar-refractivity contribution in [2.45, 2.75) is 237 Å². The van der Waals surface area contributed by atoms with Gasteiger partial charge in [0.2, 0.25) is 0 Å². The van der Waals surface area contributed by atoms with Gasteiger partial charge in [-0.1, -0.05) is 179 Å². The van der Waals surface area contributed by atoms with Crippen molar-refractivity contribution < 1.29 is 61.6 Å². The molecule has 1 aromatic rings. The van der Waals surface area contributed by atoms with E-state index in [2.05, 4.69) is 38.2 Å². The molecule has 0 spiro atoms. The van der Waals surface area contributed by atoms with Gasteiger partial charge in [-0.3, -0.25) is 0 Å². The summed E-state index contributed by atoms with van der Waals surface area (Å²) in [5.74, 6) is -1.57. The van der Waals surface area contributed by atoms with Crippen LogP contribution in [0.5, 0.6) is 0 Å². The Balaban J connectivity index is 0.0000336. The van der Waals surface area contributed by atoms with Crippen LogP contribution in [-0.2, 0) is 19.6 Å². The molecule has 0 saturated carbocycles. The molecule has 0 aromatic heterocycles. The third-order valence-corrected chi connectivity index (χ3v) is 11.8. The van der Waals surface area contributed by atoms with Gasteiger partial charge in [0.15, 0.2) is 0 Å². The standard InChI is InChI=1S/C50H86O7S.Na/c1-3-5-7-9-11-13-15-17-19-21-23-25-27-29-31-33-35-37-39-43-56-49(51)47-42-41-46(58(53,54)55)45-48(47)50(52)57-44-40-38-36-34-32-30-28-26-24-22-20-18-16-14-12-10-8-6-4-2;/h29-32,41-42,45H,3-28,33-40,43-44H2,1-2H3,(H,53,54,55);/q;+1/p-1/b31-29+,32-30+;. The van der Waals surface area contributed by atoms with Crippen molar-refractivity contribution in [2.24, 2.45) is 0 Å². The Morgan fingerprint density at radius 1 is 0.458 bits per heavy atom. The number of esters is 2. The van der Waals surface area contributed by atoms with E-state index in [9.17, 15) is 22.6 Å². The topological polar surface area (TPSA) is 110 Å². The second kappa shape index (κ2) is 41.9. The largest absolute Gasteiger partial charge is 1.00 e. The fourth-order valence-electron chi connectivity index (χ4n) is 7.27. The van der Waals surface area contributed by atoms with Crippen LogP contribution >= 0.6 is 0 Å². The molecule has 0 saturated heterocycles. The van der Waals surface area contributed by atoms with E-state index in [1.165, 1.54) is 154 Å².